The van der Waals surface area contributed by atoms with Gasteiger partial charge >= 0.3 is 0 Å². The first kappa shape index (κ1) is 12.9. The van der Waals surface area contributed by atoms with Gasteiger partial charge in [-0.25, -0.2) is 8.78 Å². The molecule has 0 fully saturated rings. The van der Waals surface area contributed by atoms with Gasteiger partial charge in [-0.1, -0.05) is 18.2 Å². The van der Waals surface area contributed by atoms with Gasteiger partial charge in [-0.05, 0) is 30.7 Å². The van der Waals surface area contributed by atoms with Crippen molar-refractivity contribution in [2.75, 3.05) is 23.3 Å². The Morgan fingerprint density at radius 3 is 2.55 bits per heavy atom. The number of fused-ring (bicyclic) bond motifs is 1. The zero-order valence-corrected chi connectivity index (χ0v) is 11.1. The molecule has 2 aromatic rings. The maximum atomic E-state index is 13.8. The second-order valence-corrected chi connectivity index (χ2v) is 4.92. The topological polar surface area (TPSA) is 15.3 Å². The normalized spacial score (nSPS) is 14.4. The van der Waals surface area contributed by atoms with E-state index in [1.807, 2.05) is 29.2 Å². The van der Waals surface area contributed by atoms with Crippen LogP contribution >= 0.6 is 0 Å². The lowest BCUT2D eigenvalue weighted by Crippen LogP contribution is -2.24. The molecule has 0 spiro atoms. The van der Waals surface area contributed by atoms with E-state index < -0.39 is 11.6 Å². The Bertz CT molecular complexity index is 593. The van der Waals surface area contributed by atoms with Gasteiger partial charge in [-0.2, -0.15) is 0 Å². The minimum absolute atomic E-state index is 0.129. The summed E-state index contributed by atoms with van der Waals surface area (Å²) in [7, 11) is 0. The summed E-state index contributed by atoms with van der Waals surface area (Å²) < 4.78 is 27.6. The first-order chi connectivity index (χ1) is 9.75. The lowest BCUT2D eigenvalue weighted by atomic mass is 10.1. The summed E-state index contributed by atoms with van der Waals surface area (Å²) in [5, 5.41) is 3.34. The second-order valence-electron chi connectivity index (χ2n) is 4.92. The molecule has 0 atom stereocenters. The smallest absolute Gasteiger partial charge is 0.131 e. The van der Waals surface area contributed by atoms with Crippen LogP contribution in [0, 0.1) is 11.6 Å². The molecule has 2 nitrogen and oxygen atoms in total. The van der Waals surface area contributed by atoms with Crippen molar-refractivity contribution in [1.29, 1.82) is 0 Å². The fourth-order valence-corrected chi connectivity index (χ4v) is 2.55. The Kier molecular flexibility index (Phi) is 3.54. The van der Waals surface area contributed by atoms with Crippen LogP contribution in [-0.2, 0) is 6.54 Å². The van der Waals surface area contributed by atoms with Crippen molar-refractivity contribution in [1.82, 2.24) is 0 Å². The van der Waals surface area contributed by atoms with Gasteiger partial charge in [0.05, 0.1) is 11.4 Å². The number of nitrogens with one attached hydrogen (secondary N) is 1. The molecular formula is C16H16F2N2. The van der Waals surface area contributed by atoms with Crippen LogP contribution in [0.25, 0.3) is 0 Å². The lowest BCUT2D eigenvalue weighted by molar-refractivity contribution is 0.549. The number of hydrogen-bond donors (Lipinski definition) is 1. The molecule has 0 aromatic heterocycles. The highest BCUT2D eigenvalue weighted by atomic mass is 19.1. The molecule has 0 radical (unpaired) electrons. The maximum Gasteiger partial charge on any atom is 0.131 e. The molecule has 1 N–H and O–H groups in total. The van der Waals surface area contributed by atoms with Crippen molar-refractivity contribution in [2.24, 2.45) is 0 Å². The van der Waals surface area contributed by atoms with E-state index in [-0.39, 0.29) is 12.1 Å². The van der Waals surface area contributed by atoms with Gasteiger partial charge in [-0.15, -0.1) is 0 Å². The Morgan fingerprint density at radius 1 is 1.00 bits per heavy atom. The maximum absolute atomic E-state index is 13.8. The summed E-state index contributed by atoms with van der Waals surface area (Å²) in [5.41, 5.74) is 2.14. The molecule has 0 unspecified atom stereocenters. The SMILES string of the molecule is Fc1cccc(F)c1CN1CCCNc2ccccc21. The summed E-state index contributed by atoms with van der Waals surface area (Å²) in [4.78, 5) is 2.02. The lowest BCUT2D eigenvalue weighted by Gasteiger charge is -2.24. The zero-order chi connectivity index (χ0) is 13.9. The van der Waals surface area contributed by atoms with Gasteiger partial charge < -0.3 is 10.2 Å². The molecule has 4 heteroatoms. The van der Waals surface area contributed by atoms with Gasteiger partial charge in [0.2, 0.25) is 0 Å². The van der Waals surface area contributed by atoms with Crippen molar-refractivity contribution in [3.8, 4) is 0 Å². The van der Waals surface area contributed by atoms with E-state index in [2.05, 4.69) is 5.32 Å². The standard InChI is InChI=1S/C16H16F2N2/c17-13-5-3-6-14(18)12(13)11-20-10-4-9-19-15-7-1-2-8-16(15)20/h1-3,5-8,19H,4,9-11H2. The molecule has 0 saturated carbocycles. The van der Waals surface area contributed by atoms with Crippen LogP contribution < -0.4 is 10.2 Å². The van der Waals surface area contributed by atoms with Crippen molar-refractivity contribution in [2.45, 2.75) is 13.0 Å². The number of benzene rings is 2. The minimum Gasteiger partial charge on any atom is -0.383 e. The highest BCUT2D eigenvalue weighted by Gasteiger charge is 2.18. The molecule has 104 valence electrons. The summed E-state index contributed by atoms with van der Waals surface area (Å²) >= 11 is 0. The molecular weight excluding hydrogens is 258 g/mol. The van der Waals surface area contributed by atoms with Crippen LogP contribution in [0.3, 0.4) is 0 Å². The highest BCUT2D eigenvalue weighted by Crippen LogP contribution is 2.30. The summed E-state index contributed by atoms with van der Waals surface area (Å²) in [5.74, 6) is -0.973. The summed E-state index contributed by atoms with van der Waals surface area (Å²) in [6.45, 7) is 1.89. The first-order valence-electron chi connectivity index (χ1n) is 6.76. The van der Waals surface area contributed by atoms with Crippen LogP contribution in [0.15, 0.2) is 42.5 Å². The fourth-order valence-electron chi connectivity index (χ4n) is 2.55. The van der Waals surface area contributed by atoms with Crippen molar-refractivity contribution in [3.05, 3.63) is 59.7 Å². The van der Waals surface area contributed by atoms with E-state index in [9.17, 15) is 8.78 Å². The third kappa shape index (κ3) is 2.46. The van der Waals surface area contributed by atoms with E-state index in [1.54, 1.807) is 0 Å². The van der Waals surface area contributed by atoms with Gasteiger partial charge in [0, 0.05) is 25.2 Å². The van der Waals surface area contributed by atoms with Crippen molar-refractivity contribution < 1.29 is 8.78 Å². The number of nitrogens with zero attached hydrogens (tertiary/aromatic N) is 1. The van der Waals surface area contributed by atoms with E-state index in [0.29, 0.717) is 0 Å². The van der Waals surface area contributed by atoms with Gasteiger partial charge in [0.25, 0.3) is 0 Å². The van der Waals surface area contributed by atoms with Crippen LogP contribution in [0.2, 0.25) is 0 Å². The van der Waals surface area contributed by atoms with E-state index >= 15 is 0 Å². The third-order valence-corrected chi connectivity index (χ3v) is 3.58. The Balaban J connectivity index is 1.94. The molecule has 20 heavy (non-hydrogen) atoms. The summed E-state index contributed by atoms with van der Waals surface area (Å²) in [6.07, 6.45) is 0.935. The third-order valence-electron chi connectivity index (χ3n) is 3.58. The summed E-state index contributed by atoms with van der Waals surface area (Å²) in [6, 6.07) is 11.9. The molecule has 1 aliphatic rings. The Morgan fingerprint density at radius 2 is 1.75 bits per heavy atom. The average molecular weight is 274 g/mol. The van der Waals surface area contributed by atoms with Crippen LogP contribution in [0.4, 0.5) is 20.2 Å². The quantitative estimate of drug-likeness (QED) is 0.896. The molecule has 1 heterocycles. The monoisotopic (exact) mass is 274 g/mol. The number of hydrogen-bond acceptors (Lipinski definition) is 2. The van der Waals surface area contributed by atoms with E-state index in [4.69, 9.17) is 0 Å². The van der Waals surface area contributed by atoms with E-state index in [0.717, 1.165) is 30.9 Å². The van der Waals surface area contributed by atoms with E-state index in [1.165, 1.54) is 18.2 Å². The van der Waals surface area contributed by atoms with Gasteiger partial charge in [0.1, 0.15) is 11.6 Å². The molecule has 0 bridgehead atoms. The highest BCUT2D eigenvalue weighted by molar-refractivity contribution is 5.70. The Labute approximate surface area is 117 Å². The zero-order valence-electron chi connectivity index (χ0n) is 11.1. The average Bonchev–Trinajstić information content (AvgIpc) is 2.66. The van der Waals surface area contributed by atoms with Crippen molar-refractivity contribution >= 4 is 11.4 Å². The number of rotatable bonds is 2. The molecule has 0 saturated heterocycles. The van der Waals surface area contributed by atoms with Crippen LogP contribution in [-0.4, -0.2) is 13.1 Å². The minimum atomic E-state index is -0.486. The van der Waals surface area contributed by atoms with Crippen molar-refractivity contribution in [3.63, 3.8) is 0 Å². The molecule has 1 aliphatic heterocycles. The number of halogens is 2. The second kappa shape index (κ2) is 5.49. The Hall–Kier alpha value is -2.10. The molecule has 0 amide bonds. The number of para-hydroxylation sites is 2. The first-order valence-corrected chi connectivity index (χ1v) is 6.76. The molecule has 3 rings (SSSR count). The fraction of sp³-hybridized carbons (Fsp3) is 0.250. The van der Waals surface area contributed by atoms with Gasteiger partial charge in [-0.3, -0.25) is 0 Å². The molecule has 0 aliphatic carbocycles. The van der Waals surface area contributed by atoms with Crippen LogP contribution in [0.1, 0.15) is 12.0 Å². The number of anilines is 2. The largest absolute Gasteiger partial charge is 0.383 e. The van der Waals surface area contributed by atoms with Gasteiger partial charge in [0.15, 0.2) is 0 Å². The predicted molar refractivity (Wildman–Crippen MR) is 77.0 cm³/mol. The van der Waals surface area contributed by atoms with Crippen LogP contribution in [0.5, 0.6) is 0 Å². The predicted octanol–water partition coefficient (Wildman–Crippen LogP) is 3.79. The molecule has 2 aromatic carbocycles.